The summed E-state index contributed by atoms with van der Waals surface area (Å²) in [4.78, 5) is 14.9. The monoisotopic (exact) mass is 515 g/mol. The second kappa shape index (κ2) is 10.3. The van der Waals surface area contributed by atoms with E-state index in [4.69, 9.17) is 4.74 Å². The molecule has 11 atom stereocenters. The van der Waals surface area contributed by atoms with Crippen molar-refractivity contribution in [1.29, 1.82) is 0 Å². The van der Waals surface area contributed by atoms with Crippen molar-refractivity contribution in [3.05, 3.63) is 0 Å². The smallest absolute Gasteiger partial charge is 0.317 e. The molecule has 6 heteroatoms. The van der Waals surface area contributed by atoms with Gasteiger partial charge in [0.15, 0.2) is 0 Å². The molecule has 4 saturated carbocycles. The van der Waals surface area contributed by atoms with Crippen molar-refractivity contribution < 1.29 is 14.6 Å². The Kier molecular flexibility index (Phi) is 7.33. The first-order chi connectivity index (χ1) is 17.8. The number of carbonyl (C=O) groups excluding carboxylic acids is 1. The summed E-state index contributed by atoms with van der Waals surface area (Å²) in [5.74, 6) is 4.46. The molecule has 2 amide bonds. The van der Waals surface area contributed by atoms with Crippen molar-refractivity contribution in [2.75, 3.05) is 32.8 Å². The highest BCUT2D eigenvalue weighted by molar-refractivity contribution is 5.74. The minimum atomic E-state index is 0.166. The van der Waals surface area contributed by atoms with Gasteiger partial charge in [-0.25, -0.2) is 4.79 Å². The van der Waals surface area contributed by atoms with Gasteiger partial charge in [0.1, 0.15) is 0 Å². The average Bonchev–Trinajstić information content (AvgIpc) is 3.44. The summed E-state index contributed by atoms with van der Waals surface area (Å²) < 4.78 is 6.72. The molecule has 2 aliphatic heterocycles. The molecule has 0 spiro atoms. The Hall–Kier alpha value is -0.850. The van der Waals surface area contributed by atoms with E-state index in [2.05, 4.69) is 31.4 Å². The minimum absolute atomic E-state index is 0.166. The number of fused-ring (bicyclic) bond motifs is 7. The second-order valence-corrected chi connectivity index (χ2v) is 14.6. The number of aliphatic hydroxyl groups is 1. The fourth-order valence-electron chi connectivity index (χ4n) is 10.5. The minimum Gasteiger partial charge on any atom is -0.396 e. The van der Waals surface area contributed by atoms with Crippen LogP contribution >= 0.6 is 0 Å². The Labute approximate surface area is 225 Å². The first kappa shape index (κ1) is 26.4. The van der Waals surface area contributed by atoms with E-state index in [1.165, 1.54) is 51.4 Å². The molecule has 37 heavy (non-hydrogen) atoms. The Morgan fingerprint density at radius 3 is 2.59 bits per heavy atom. The van der Waals surface area contributed by atoms with Crippen molar-refractivity contribution >= 4 is 6.03 Å². The summed E-state index contributed by atoms with van der Waals surface area (Å²) >= 11 is 0. The van der Waals surface area contributed by atoms with Gasteiger partial charge >= 0.3 is 6.03 Å². The number of carbonyl (C=O) groups is 1. The fourth-order valence-corrected chi connectivity index (χ4v) is 10.5. The van der Waals surface area contributed by atoms with E-state index in [-0.39, 0.29) is 6.03 Å². The molecule has 0 bridgehead atoms. The lowest BCUT2D eigenvalue weighted by atomic mass is 9.44. The van der Waals surface area contributed by atoms with Crippen molar-refractivity contribution in [2.45, 2.75) is 110 Å². The SMILES string of the molecule is CC(CO)CCC1CC2C(CC3C4CCC5CC(NC(=O)N6CCNCC6)CCC5(C)C4CCC23C)O1. The summed E-state index contributed by atoms with van der Waals surface area (Å²) in [5, 5.41) is 16.2. The molecule has 6 nitrogen and oxygen atoms in total. The third-order valence-electron chi connectivity index (χ3n) is 12.8. The van der Waals surface area contributed by atoms with Gasteiger partial charge in [-0.05, 0) is 117 Å². The van der Waals surface area contributed by atoms with Crippen molar-refractivity contribution in [2.24, 2.45) is 46.3 Å². The van der Waals surface area contributed by atoms with Gasteiger partial charge < -0.3 is 25.4 Å². The quantitative estimate of drug-likeness (QED) is 0.492. The molecular weight excluding hydrogens is 462 g/mol. The van der Waals surface area contributed by atoms with Crippen molar-refractivity contribution in [1.82, 2.24) is 15.5 Å². The maximum atomic E-state index is 12.9. The lowest BCUT2D eigenvalue weighted by molar-refractivity contribution is -0.115. The van der Waals surface area contributed by atoms with Gasteiger partial charge in [0.2, 0.25) is 0 Å². The summed E-state index contributed by atoms with van der Waals surface area (Å²) in [6, 6.07) is 0.523. The van der Waals surface area contributed by atoms with Crippen LogP contribution in [-0.4, -0.2) is 67.1 Å². The maximum absolute atomic E-state index is 12.9. The summed E-state index contributed by atoms with van der Waals surface area (Å²) in [6.07, 6.45) is 14.8. The van der Waals surface area contributed by atoms with Crippen LogP contribution in [0.15, 0.2) is 0 Å². The molecule has 6 fully saturated rings. The number of urea groups is 1. The van der Waals surface area contributed by atoms with Crippen LogP contribution in [-0.2, 0) is 4.74 Å². The molecule has 6 rings (SSSR count). The van der Waals surface area contributed by atoms with Gasteiger partial charge in [0.25, 0.3) is 0 Å². The summed E-state index contributed by atoms with van der Waals surface area (Å²) in [7, 11) is 0. The molecule has 2 saturated heterocycles. The van der Waals surface area contributed by atoms with Crippen LogP contribution in [0.25, 0.3) is 0 Å². The van der Waals surface area contributed by atoms with E-state index >= 15 is 0 Å². The third kappa shape index (κ3) is 4.65. The van der Waals surface area contributed by atoms with Crippen LogP contribution in [0.5, 0.6) is 0 Å². The Balaban J connectivity index is 1.07. The standard InChI is InChI=1S/C31H53N3O3/c1-20(19-35)4-6-23-17-27-28(37-23)18-26-24-7-5-21-16-22(33-29(36)34-14-12-32-13-15-34)8-10-30(21,2)25(24)9-11-31(26,27)3/h20-28,32,35H,4-19H2,1-3H3,(H,33,36). The van der Waals surface area contributed by atoms with E-state index in [0.29, 0.717) is 41.6 Å². The molecule has 0 radical (unpaired) electrons. The Morgan fingerprint density at radius 2 is 1.81 bits per heavy atom. The van der Waals surface area contributed by atoms with E-state index in [1.54, 1.807) is 0 Å². The predicted octanol–water partition coefficient (Wildman–Crippen LogP) is 4.80. The highest BCUT2D eigenvalue weighted by Crippen LogP contribution is 2.69. The Bertz CT molecular complexity index is 833. The van der Waals surface area contributed by atoms with Crippen LogP contribution in [0, 0.1) is 46.3 Å². The highest BCUT2D eigenvalue weighted by atomic mass is 16.5. The van der Waals surface area contributed by atoms with Gasteiger partial charge in [0, 0.05) is 38.8 Å². The average molecular weight is 516 g/mol. The first-order valence-electron chi connectivity index (χ1n) is 15.8. The van der Waals surface area contributed by atoms with Gasteiger partial charge in [-0.3, -0.25) is 0 Å². The third-order valence-corrected chi connectivity index (χ3v) is 12.8. The molecule has 0 aromatic carbocycles. The molecule has 210 valence electrons. The molecule has 6 aliphatic rings. The normalized spacial score (nSPS) is 47.9. The zero-order chi connectivity index (χ0) is 25.8. The largest absolute Gasteiger partial charge is 0.396 e. The second-order valence-electron chi connectivity index (χ2n) is 14.6. The number of hydrogen-bond acceptors (Lipinski definition) is 4. The van der Waals surface area contributed by atoms with Crippen LogP contribution in [0.2, 0.25) is 0 Å². The summed E-state index contributed by atoms with van der Waals surface area (Å²) in [6.45, 7) is 11.2. The number of hydrogen-bond donors (Lipinski definition) is 3. The van der Waals surface area contributed by atoms with Gasteiger partial charge in [0.05, 0.1) is 12.2 Å². The number of nitrogens with zero attached hydrogens (tertiary/aromatic N) is 1. The first-order valence-corrected chi connectivity index (χ1v) is 15.8. The molecule has 11 unspecified atom stereocenters. The lowest BCUT2D eigenvalue weighted by Gasteiger charge is -2.61. The van der Waals surface area contributed by atoms with Crippen molar-refractivity contribution in [3.63, 3.8) is 0 Å². The maximum Gasteiger partial charge on any atom is 0.317 e. The molecule has 3 N–H and O–H groups in total. The Morgan fingerprint density at radius 1 is 1.03 bits per heavy atom. The molecule has 4 aliphatic carbocycles. The fraction of sp³-hybridized carbons (Fsp3) is 0.968. The van der Waals surface area contributed by atoms with Gasteiger partial charge in [-0.15, -0.1) is 0 Å². The van der Waals surface area contributed by atoms with Crippen LogP contribution in [0.1, 0.15) is 91.4 Å². The number of amides is 2. The zero-order valence-electron chi connectivity index (χ0n) is 23.7. The zero-order valence-corrected chi connectivity index (χ0v) is 23.7. The lowest BCUT2D eigenvalue weighted by Crippen LogP contribution is -2.57. The number of nitrogens with one attached hydrogen (secondary N) is 2. The number of rotatable bonds is 5. The van der Waals surface area contributed by atoms with Crippen LogP contribution in [0.4, 0.5) is 4.79 Å². The number of piperazine rings is 1. The van der Waals surface area contributed by atoms with Gasteiger partial charge in [-0.1, -0.05) is 20.8 Å². The molecular formula is C31H53N3O3. The molecule has 0 aromatic heterocycles. The topological polar surface area (TPSA) is 73.8 Å². The highest BCUT2D eigenvalue weighted by Gasteiger charge is 2.64. The van der Waals surface area contributed by atoms with Gasteiger partial charge in [-0.2, -0.15) is 0 Å². The van der Waals surface area contributed by atoms with E-state index in [0.717, 1.165) is 75.0 Å². The van der Waals surface area contributed by atoms with E-state index < -0.39 is 0 Å². The van der Waals surface area contributed by atoms with Crippen LogP contribution < -0.4 is 10.6 Å². The molecule has 2 heterocycles. The van der Waals surface area contributed by atoms with Crippen LogP contribution in [0.3, 0.4) is 0 Å². The number of aliphatic hydroxyl groups excluding tert-OH is 1. The molecule has 0 aromatic rings. The predicted molar refractivity (Wildman–Crippen MR) is 146 cm³/mol. The van der Waals surface area contributed by atoms with E-state index in [1.807, 2.05) is 4.90 Å². The number of ether oxygens (including phenoxy) is 1. The van der Waals surface area contributed by atoms with E-state index in [9.17, 15) is 9.90 Å². The summed E-state index contributed by atoms with van der Waals surface area (Å²) in [5.41, 5.74) is 0.906. The van der Waals surface area contributed by atoms with Crippen molar-refractivity contribution in [3.8, 4) is 0 Å².